The summed E-state index contributed by atoms with van der Waals surface area (Å²) >= 11 is 0. The van der Waals surface area contributed by atoms with Gasteiger partial charge < -0.3 is 10.2 Å². The number of nitrogens with zero attached hydrogens (tertiary/aromatic N) is 1. The van der Waals surface area contributed by atoms with E-state index in [9.17, 15) is 14.4 Å². The maximum absolute atomic E-state index is 12.4. The smallest absolute Gasteiger partial charge is 0.254 e. The number of carbonyl (C=O) groups is 3. The summed E-state index contributed by atoms with van der Waals surface area (Å²) in [5.41, 5.74) is 1.53. The van der Waals surface area contributed by atoms with Crippen LogP contribution in [0.1, 0.15) is 33.1 Å². The SMILES string of the molecule is C/C=C(/C=C\C1=CCN(C2CCC(=O)NC2=O)C1=O)NCCC. The lowest BCUT2D eigenvalue weighted by atomic mass is 10.0. The molecule has 1 atom stereocenters. The van der Waals surface area contributed by atoms with Crippen LogP contribution >= 0.6 is 0 Å². The van der Waals surface area contributed by atoms with E-state index in [2.05, 4.69) is 17.6 Å². The topological polar surface area (TPSA) is 78.5 Å². The molecule has 0 radical (unpaired) electrons. The Hall–Kier alpha value is -2.37. The summed E-state index contributed by atoms with van der Waals surface area (Å²) in [7, 11) is 0. The number of amides is 3. The highest BCUT2D eigenvalue weighted by atomic mass is 16.2. The lowest BCUT2D eigenvalue weighted by Gasteiger charge is -2.29. The summed E-state index contributed by atoms with van der Waals surface area (Å²) in [5.74, 6) is -0.820. The fraction of sp³-hybridized carbons (Fsp3) is 0.471. The van der Waals surface area contributed by atoms with Gasteiger partial charge in [-0.05, 0) is 31.9 Å². The quantitative estimate of drug-likeness (QED) is 0.566. The van der Waals surface area contributed by atoms with Crippen molar-refractivity contribution in [1.29, 1.82) is 0 Å². The van der Waals surface area contributed by atoms with Crippen LogP contribution in [-0.4, -0.2) is 41.8 Å². The normalized spacial score (nSPS) is 22.6. The highest BCUT2D eigenvalue weighted by molar-refractivity contribution is 6.05. The summed E-state index contributed by atoms with van der Waals surface area (Å²) in [5, 5.41) is 5.56. The van der Waals surface area contributed by atoms with Crippen molar-refractivity contribution in [2.24, 2.45) is 0 Å². The third-order valence-corrected chi connectivity index (χ3v) is 3.93. The molecule has 1 saturated heterocycles. The number of imide groups is 1. The highest BCUT2D eigenvalue weighted by Gasteiger charge is 2.36. The van der Waals surface area contributed by atoms with E-state index in [0.717, 1.165) is 18.7 Å². The standard InChI is InChI=1S/C17H23N3O3/c1-3-10-18-13(4-2)6-5-12-9-11-20(17(12)23)14-7-8-15(21)19-16(14)22/h4-6,9,14,18H,3,7-8,10-11H2,1-2H3,(H,19,21,22)/b6-5-,13-4-. The zero-order valence-corrected chi connectivity index (χ0v) is 13.6. The molecule has 2 heterocycles. The van der Waals surface area contributed by atoms with Gasteiger partial charge in [-0.2, -0.15) is 0 Å². The lowest BCUT2D eigenvalue weighted by Crippen LogP contribution is -2.53. The van der Waals surface area contributed by atoms with Gasteiger partial charge >= 0.3 is 0 Å². The number of nitrogens with one attached hydrogen (secondary N) is 2. The van der Waals surface area contributed by atoms with E-state index < -0.39 is 6.04 Å². The molecule has 0 spiro atoms. The molecule has 1 fully saturated rings. The summed E-state index contributed by atoms with van der Waals surface area (Å²) in [6.07, 6.45) is 9.09. The monoisotopic (exact) mass is 317 g/mol. The molecule has 0 saturated carbocycles. The fourth-order valence-electron chi connectivity index (χ4n) is 2.63. The molecule has 23 heavy (non-hydrogen) atoms. The zero-order valence-electron chi connectivity index (χ0n) is 13.6. The third-order valence-electron chi connectivity index (χ3n) is 3.93. The highest BCUT2D eigenvalue weighted by Crippen LogP contribution is 2.20. The van der Waals surface area contributed by atoms with Gasteiger partial charge in [-0.3, -0.25) is 19.7 Å². The second-order valence-electron chi connectivity index (χ2n) is 5.59. The van der Waals surface area contributed by atoms with Crippen molar-refractivity contribution in [3.8, 4) is 0 Å². The lowest BCUT2D eigenvalue weighted by molar-refractivity contribution is -0.142. The molecular weight excluding hydrogens is 294 g/mol. The van der Waals surface area contributed by atoms with Gasteiger partial charge in [0.25, 0.3) is 5.91 Å². The molecule has 3 amide bonds. The Balaban J connectivity index is 1.98. The van der Waals surface area contributed by atoms with Crippen LogP contribution in [0.25, 0.3) is 0 Å². The molecule has 0 aromatic rings. The second kappa shape index (κ2) is 7.76. The maximum Gasteiger partial charge on any atom is 0.254 e. The Kier molecular flexibility index (Phi) is 5.73. The van der Waals surface area contributed by atoms with Crippen molar-refractivity contribution in [3.05, 3.63) is 35.6 Å². The number of piperidine rings is 1. The molecule has 0 aliphatic carbocycles. The van der Waals surface area contributed by atoms with E-state index >= 15 is 0 Å². The number of hydrogen-bond acceptors (Lipinski definition) is 4. The molecule has 0 aromatic heterocycles. The van der Waals surface area contributed by atoms with Crippen LogP contribution in [0.2, 0.25) is 0 Å². The molecule has 2 N–H and O–H groups in total. The van der Waals surface area contributed by atoms with Gasteiger partial charge in [-0.25, -0.2) is 0 Å². The largest absolute Gasteiger partial charge is 0.385 e. The molecule has 2 rings (SSSR count). The molecule has 2 aliphatic rings. The molecule has 1 unspecified atom stereocenters. The molecular formula is C17H23N3O3. The molecule has 6 heteroatoms. The van der Waals surface area contributed by atoms with Gasteiger partial charge in [0, 0.05) is 30.8 Å². The van der Waals surface area contributed by atoms with Crippen molar-refractivity contribution < 1.29 is 14.4 Å². The molecule has 0 bridgehead atoms. The Morgan fingerprint density at radius 1 is 1.43 bits per heavy atom. The van der Waals surface area contributed by atoms with Crippen LogP contribution in [0.4, 0.5) is 0 Å². The van der Waals surface area contributed by atoms with Crippen molar-refractivity contribution in [2.75, 3.05) is 13.1 Å². The minimum atomic E-state index is -0.554. The van der Waals surface area contributed by atoms with Crippen molar-refractivity contribution in [1.82, 2.24) is 15.5 Å². The first-order valence-corrected chi connectivity index (χ1v) is 8.00. The Morgan fingerprint density at radius 3 is 2.87 bits per heavy atom. The maximum atomic E-state index is 12.4. The second-order valence-corrected chi connectivity index (χ2v) is 5.59. The molecule has 0 aromatic carbocycles. The van der Waals surface area contributed by atoms with E-state index in [0.29, 0.717) is 18.5 Å². The van der Waals surface area contributed by atoms with E-state index in [-0.39, 0.29) is 24.1 Å². The molecule has 6 nitrogen and oxygen atoms in total. The summed E-state index contributed by atoms with van der Waals surface area (Å²) in [6.45, 7) is 5.30. The van der Waals surface area contributed by atoms with Gasteiger partial charge in [-0.15, -0.1) is 0 Å². The van der Waals surface area contributed by atoms with Crippen molar-refractivity contribution >= 4 is 17.7 Å². The predicted molar refractivity (Wildman–Crippen MR) is 87.2 cm³/mol. The van der Waals surface area contributed by atoms with Crippen LogP contribution in [0, 0.1) is 0 Å². The summed E-state index contributed by atoms with van der Waals surface area (Å²) in [4.78, 5) is 37.1. The van der Waals surface area contributed by atoms with E-state index in [1.165, 1.54) is 4.90 Å². The Labute approximate surface area is 136 Å². The number of carbonyl (C=O) groups excluding carboxylic acids is 3. The Bertz CT molecular complexity index is 590. The van der Waals surface area contributed by atoms with Gasteiger partial charge in [-0.1, -0.05) is 19.1 Å². The third kappa shape index (κ3) is 4.09. The van der Waals surface area contributed by atoms with Gasteiger partial charge in [0.15, 0.2) is 0 Å². The zero-order chi connectivity index (χ0) is 16.8. The average molecular weight is 317 g/mol. The minimum absolute atomic E-state index is 0.165. The van der Waals surface area contributed by atoms with Crippen LogP contribution in [0.5, 0.6) is 0 Å². The van der Waals surface area contributed by atoms with E-state index in [1.54, 1.807) is 6.08 Å². The van der Waals surface area contributed by atoms with Crippen LogP contribution in [0.15, 0.2) is 35.6 Å². The fourth-order valence-corrected chi connectivity index (χ4v) is 2.63. The first-order valence-electron chi connectivity index (χ1n) is 8.00. The van der Waals surface area contributed by atoms with Crippen molar-refractivity contribution in [2.45, 2.75) is 39.2 Å². The summed E-state index contributed by atoms with van der Waals surface area (Å²) < 4.78 is 0. The Morgan fingerprint density at radius 2 is 2.22 bits per heavy atom. The van der Waals surface area contributed by atoms with E-state index in [4.69, 9.17) is 0 Å². The van der Waals surface area contributed by atoms with Gasteiger partial charge in [0.2, 0.25) is 11.8 Å². The molecule has 2 aliphatic heterocycles. The summed E-state index contributed by atoms with van der Waals surface area (Å²) in [6, 6.07) is -0.554. The first-order chi connectivity index (χ1) is 11.1. The van der Waals surface area contributed by atoms with Crippen LogP contribution in [0.3, 0.4) is 0 Å². The number of rotatable bonds is 6. The number of allylic oxidation sites excluding steroid dienone is 2. The van der Waals surface area contributed by atoms with Gasteiger partial charge in [0.05, 0.1) is 0 Å². The van der Waals surface area contributed by atoms with Crippen LogP contribution < -0.4 is 10.6 Å². The van der Waals surface area contributed by atoms with E-state index in [1.807, 2.05) is 25.2 Å². The average Bonchev–Trinajstić information content (AvgIpc) is 2.89. The van der Waals surface area contributed by atoms with Crippen LogP contribution in [-0.2, 0) is 14.4 Å². The minimum Gasteiger partial charge on any atom is -0.385 e. The number of hydrogen-bond donors (Lipinski definition) is 2. The van der Waals surface area contributed by atoms with Crippen molar-refractivity contribution in [3.63, 3.8) is 0 Å². The first kappa shape index (κ1) is 17.0. The molecule has 124 valence electrons. The predicted octanol–water partition coefficient (Wildman–Crippen LogP) is 1.02. The van der Waals surface area contributed by atoms with Gasteiger partial charge in [0.1, 0.15) is 6.04 Å².